The van der Waals surface area contributed by atoms with Crippen LogP contribution < -0.4 is 5.73 Å². The van der Waals surface area contributed by atoms with Crippen LogP contribution in [0.5, 0.6) is 0 Å². The molecule has 0 radical (unpaired) electrons. The molecular weight excluding hydrogens is 164 g/mol. The van der Waals surface area contributed by atoms with Crippen LogP contribution in [0.4, 0.5) is 0 Å². The minimum absolute atomic E-state index is 0.187. The van der Waals surface area contributed by atoms with E-state index in [2.05, 4.69) is 0 Å². The number of amides is 1. The van der Waals surface area contributed by atoms with E-state index >= 15 is 0 Å². The monoisotopic (exact) mass is 182 g/mol. The highest BCUT2D eigenvalue weighted by Gasteiger charge is 2.33. The molecule has 2 N–H and O–H groups in total. The van der Waals surface area contributed by atoms with Gasteiger partial charge in [-0.1, -0.05) is 19.3 Å². The molecule has 1 amide bonds. The van der Waals surface area contributed by atoms with Crippen molar-refractivity contribution in [2.45, 2.75) is 50.6 Å². The molecule has 1 atom stereocenters. The van der Waals surface area contributed by atoms with Crippen LogP contribution in [-0.2, 0) is 4.79 Å². The van der Waals surface area contributed by atoms with Crippen molar-refractivity contribution in [1.82, 2.24) is 4.90 Å². The van der Waals surface area contributed by atoms with Gasteiger partial charge in [0.1, 0.15) is 0 Å². The van der Waals surface area contributed by atoms with Gasteiger partial charge in [0.25, 0.3) is 0 Å². The normalized spacial score (nSPS) is 31.3. The van der Waals surface area contributed by atoms with Gasteiger partial charge >= 0.3 is 0 Å². The third kappa shape index (κ3) is 1.70. The van der Waals surface area contributed by atoms with Crippen LogP contribution in [0, 0.1) is 0 Å². The number of carbonyl (C=O) groups excluding carboxylic acids is 1. The van der Waals surface area contributed by atoms with Gasteiger partial charge in [0.2, 0.25) is 5.91 Å². The fourth-order valence-corrected chi connectivity index (χ4v) is 2.48. The highest BCUT2D eigenvalue weighted by atomic mass is 16.2. The first kappa shape index (κ1) is 9.00. The van der Waals surface area contributed by atoms with Gasteiger partial charge < -0.3 is 10.6 Å². The van der Waals surface area contributed by atoms with Crippen LogP contribution in [0.15, 0.2) is 0 Å². The minimum atomic E-state index is -0.207. The zero-order chi connectivity index (χ0) is 9.26. The minimum Gasteiger partial charge on any atom is -0.338 e. The Kier molecular flexibility index (Phi) is 2.54. The first-order valence-corrected chi connectivity index (χ1v) is 5.35. The van der Waals surface area contributed by atoms with Gasteiger partial charge in [0.05, 0.1) is 6.04 Å². The summed E-state index contributed by atoms with van der Waals surface area (Å²) in [5.41, 5.74) is 5.68. The number of likely N-dealkylation sites (tertiary alicyclic amines) is 1. The second-order valence-electron chi connectivity index (χ2n) is 4.22. The maximum absolute atomic E-state index is 11.6. The Hall–Kier alpha value is -0.570. The lowest BCUT2D eigenvalue weighted by molar-refractivity contribution is -0.131. The van der Waals surface area contributed by atoms with E-state index in [4.69, 9.17) is 5.73 Å². The summed E-state index contributed by atoms with van der Waals surface area (Å²) in [6, 6.07) is 0.303. The molecule has 2 rings (SSSR count). The maximum Gasteiger partial charge on any atom is 0.239 e. The highest BCUT2D eigenvalue weighted by Crippen LogP contribution is 2.25. The predicted octanol–water partition coefficient (Wildman–Crippen LogP) is 0.879. The van der Waals surface area contributed by atoms with Gasteiger partial charge in [0, 0.05) is 12.6 Å². The largest absolute Gasteiger partial charge is 0.338 e. The molecule has 1 saturated carbocycles. The van der Waals surface area contributed by atoms with E-state index in [0.29, 0.717) is 6.04 Å². The molecule has 1 saturated heterocycles. The van der Waals surface area contributed by atoms with E-state index in [1.54, 1.807) is 0 Å². The molecule has 3 nitrogen and oxygen atoms in total. The first-order chi connectivity index (χ1) is 6.29. The number of rotatable bonds is 1. The molecule has 1 heterocycles. The van der Waals surface area contributed by atoms with Crippen molar-refractivity contribution in [3.05, 3.63) is 0 Å². The summed E-state index contributed by atoms with van der Waals surface area (Å²) in [6.07, 6.45) is 7.14. The van der Waals surface area contributed by atoms with E-state index in [1.807, 2.05) is 4.90 Å². The fraction of sp³-hybridized carbons (Fsp3) is 0.900. The summed E-state index contributed by atoms with van der Waals surface area (Å²) in [4.78, 5) is 13.6. The van der Waals surface area contributed by atoms with Crippen LogP contribution >= 0.6 is 0 Å². The van der Waals surface area contributed by atoms with Crippen LogP contribution in [0.25, 0.3) is 0 Å². The van der Waals surface area contributed by atoms with Gasteiger partial charge in [0.15, 0.2) is 0 Å². The predicted molar refractivity (Wildman–Crippen MR) is 51.2 cm³/mol. The molecule has 0 unspecified atom stereocenters. The Balaban J connectivity index is 1.96. The van der Waals surface area contributed by atoms with E-state index in [0.717, 1.165) is 13.0 Å². The Bertz CT molecular complexity index is 199. The van der Waals surface area contributed by atoms with Gasteiger partial charge in [-0.15, -0.1) is 0 Å². The standard InChI is InChI=1S/C10H18N2O/c11-9-6-7-12(10(9)13)8-4-2-1-3-5-8/h8-9H,1-7,11H2/t9-/m1/s1. The van der Waals surface area contributed by atoms with Crippen molar-refractivity contribution in [1.29, 1.82) is 0 Å². The third-order valence-corrected chi connectivity index (χ3v) is 3.30. The molecule has 74 valence electrons. The molecule has 13 heavy (non-hydrogen) atoms. The van der Waals surface area contributed by atoms with Crippen molar-refractivity contribution in [2.75, 3.05) is 6.54 Å². The summed E-state index contributed by atoms with van der Waals surface area (Å²) < 4.78 is 0. The molecule has 2 aliphatic rings. The van der Waals surface area contributed by atoms with Crippen molar-refractivity contribution in [2.24, 2.45) is 5.73 Å². The average molecular weight is 182 g/mol. The zero-order valence-electron chi connectivity index (χ0n) is 8.04. The number of carbonyl (C=O) groups is 1. The van der Waals surface area contributed by atoms with Gasteiger partial charge in [-0.3, -0.25) is 4.79 Å². The lowest BCUT2D eigenvalue weighted by atomic mass is 9.94. The van der Waals surface area contributed by atoms with E-state index < -0.39 is 0 Å². The average Bonchev–Trinajstić information content (AvgIpc) is 2.49. The smallest absolute Gasteiger partial charge is 0.239 e. The fourth-order valence-electron chi connectivity index (χ4n) is 2.48. The summed E-state index contributed by atoms with van der Waals surface area (Å²) in [7, 11) is 0. The second kappa shape index (κ2) is 3.66. The summed E-state index contributed by atoms with van der Waals surface area (Å²) in [5, 5.41) is 0. The SMILES string of the molecule is N[C@@H]1CCN(C2CCCCC2)C1=O. The van der Waals surface area contributed by atoms with Crippen LogP contribution in [0.3, 0.4) is 0 Å². The molecule has 1 aliphatic carbocycles. The van der Waals surface area contributed by atoms with Gasteiger partial charge in [-0.05, 0) is 19.3 Å². The molecule has 2 fully saturated rings. The quantitative estimate of drug-likeness (QED) is 0.654. The number of nitrogens with two attached hydrogens (primary N) is 1. The van der Waals surface area contributed by atoms with Gasteiger partial charge in [-0.25, -0.2) is 0 Å². The van der Waals surface area contributed by atoms with E-state index in [1.165, 1.54) is 32.1 Å². The highest BCUT2D eigenvalue weighted by molar-refractivity contribution is 5.84. The van der Waals surface area contributed by atoms with Crippen LogP contribution in [0.1, 0.15) is 38.5 Å². The summed E-state index contributed by atoms with van der Waals surface area (Å²) in [5.74, 6) is 0.187. The Morgan fingerprint density at radius 1 is 1.15 bits per heavy atom. The second-order valence-corrected chi connectivity index (χ2v) is 4.22. The van der Waals surface area contributed by atoms with Crippen LogP contribution in [0.2, 0.25) is 0 Å². The Labute approximate surface area is 79.3 Å². The molecule has 0 aromatic rings. The molecule has 1 aliphatic heterocycles. The Morgan fingerprint density at radius 3 is 2.38 bits per heavy atom. The van der Waals surface area contributed by atoms with Crippen molar-refractivity contribution < 1.29 is 4.79 Å². The molecule has 3 heteroatoms. The summed E-state index contributed by atoms with van der Waals surface area (Å²) >= 11 is 0. The van der Waals surface area contributed by atoms with Crippen molar-refractivity contribution >= 4 is 5.91 Å². The maximum atomic E-state index is 11.6. The third-order valence-electron chi connectivity index (χ3n) is 3.30. The van der Waals surface area contributed by atoms with Crippen molar-refractivity contribution in [3.63, 3.8) is 0 Å². The van der Waals surface area contributed by atoms with E-state index in [9.17, 15) is 4.79 Å². The summed E-state index contributed by atoms with van der Waals surface area (Å²) in [6.45, 7) is 0.894. The molecule has 0 bridgehead atoms. The number of nitrogens with zero attached hydrogens (tertiary/aromatic N) is 1. The lowest BCUT2D eigenvalue weighted by Gasteiger charge is -2.31. The van der Waals surface area contributed by atoms with E-state index in [-0.39, 0.29) is 11.9 Å². The Morgan fingerprint density at radius 2 is 1.85 bits per heavy atom. The molecule has 0 aromatic heterocycles. The zero-order valence-corrected chi connectivity index (χ0v) is 8.04. The lowest BCUT2D eigenvalue weighted by Crippen LogP contribution is -2.41. The molecule has 0 aromatic carbocycles. The first-order valence-electron chi connectivity index (χ1n) is 5.35. The van der Waals surface area contributed by atoms with Crippen molar-refractivity contribution in [3.8, 4) is 0 Å². The van der Waals surface area contributed by atoms with Gasteiger partial charge in [-0.2, -0.15) is 0 Å². The number of hydrogen-bond donors (Lipinski definition) is 1. The number of hydrogen-bond acceptors (Lipinski definition) is 2. The molecular formula is C10H18N2O. The van der Waals surface area contributed by atoms with Crippen LogP contribution in [-0.4, -0.2) is 29.4 Å². The topological polar surface area (TPSA) is 46.3 Å². The molecule has 0 spiro atoms.